The van der Waals surface area contributed by atoms with Crippen LogP contribution in [0.2, 0.25) is 0 Å². The Hall–Kier alpha value is -1.13. The molecule has 0 bridgehead atoms. The van der Waals surface area contributed by atoms with E-state index in [4.69, 9.17) is 5.73 Å². The second-order valence-electron chi connectivity index (χ2n) is 4.88. The Balaban J connectivity index is 1.81. The van der Waals surface area contributed by atoms with Gasteiger partial charge in [-0.2, -0.15) is 0 Å². The zero-order chi connectivity index (χ0) is 12.1. The molecule has 0 aliphatic carbocycles. The van der Waals surface area contributed by atoms with Crippen LogP contribution < -0.4 is 11.1 Å². The van der Waals surface area contributed by atoms with Gasteiger partial charge >= 0.3 is 0 Å². The lowest BCUT2D eigenvalue weighted by atomic mass is 9.97. The van der Waals surface area contributed by atoms with Gasteiger partial charge < -0.3 is 16.0 Å². The van der Waals surface area contributed by atoms with E-state index in [0.29, 0.717) is 6.54 Å². The molecule has 0 unspecified atom stereocenters. The SMILES string of the molecule is CN1CCC(CNc2cc(CN)ccn2)CC1. The minimum absolute atomic E-state index is 0.575. The molecule has 0 amide bonds. The summed E-state index contributed by atoms with van der Waals surface area (Å²) < 4.78 is 0. The molecule has 0 atom stereocenters. The lowest BCUT2D eigenvalue weighted by Crippen LogP contribution is -2.33. The molecule has 1 aromatic rings. The maximum Gasteiger partial charge on any atom is 0.126 e. The summed E-state index contributed by atoms with van der Waals surface area (Å²) in [6.07, 6.45) is 4.37. The second-order valence-corrected chi connectivity index (χ2v) is 4.88. The summed E-state index contributed by atoms with van der Waals surface area (Å²) in [6.45, 7) is 4.02. The first-order valence-corrected chi connectivity index (χ1v) is 6.35. The lowest BCUT2D eigenvalue weighted by Gasteiger charge is -2.29. The molecule has 0 saturated carbocycles. The second kappa shape index (κ2) is 5.98. The first-order chi connectivity index (χ1) is 8.28. The minimum atomic E-state index is 0.575. The number of nitrogens with zero attached hydrogens (tertiary/aromatic N) is 2. The summed E-state index contributed by atoms with van der Waals surface area (Å²) in [7, 11) is 2.19. The molecule has 0 spiro atoms. The monoisotopic (exact) mass is 234 g/mol. The number of piperidine rings is 1. The van der Waals surface area contributed by atoms with E-state index < -0.39 is 0 Å². The molecule has 1 aliphatic rings. The standard InChI is InChI=1S/C13H22N4/c1-17-6-3-11(4-7-17)10-16-13-8-12(9-14)2-5-15-13/h2,5,8,11H,3-4,6-7,9-10,14H2,1H3,(H,15,16). The van der Waals surface area contributed by atoms with Gasteiger partial charge in [0.25, 0.3) is 0 Å². The maximum atomic E-state index is 5.61. The van der Waals surface area contributed by atoms with E-state index in [9.17, 15) is 0 Å². The Morgan fingerprint density at radius 3 is 2.94 bits per heavy atom. The van der Waals surface area contributed by atoms with Gasteiger partial charge in [0.1, 0.15) is 5.82 Å². The molecule has 17 heavy (non-hydrogen) atoms. The fourth-order valence-electron chi connectivity index (χ4n) is 2.21. The Labute approximate surface area is 103 Å². The maximum absolute atomic E-state index is 5.61. The number of rotatable bonds is 4. The van der Waals surface area contributed by atoms with E-state index in [0.717, 1.165) is 23.8 Å². The average Bonchev–Trinajstić information content (AvgIpc) is 2.38. The summed E-state index contributed by atoms with van der Waals surface area (Å²) in [6, 6.07) is 4.00. The van der Waals surface area contributed by atoms with Gasteiger partial charge in [0, 0.05) is 19.3 Å². The Morgan fingerprint density at radius 2 is 2.24 bits per heavy atom. The molecule has 3 N–H and O–H groups in total. The molecule has 2 heterocycles. The summed E-state index contributed by atoms with van der Waals surface area (Å²) in [5.74, 6) is 1.72. The Kier molecular flexibility index (Phi) is 4.34. The van der Waals surface area contributed by atoms with Crippen LogP contribution in [-0.2, 0) is 6.54 Å². The van der Waals surface area contributed by atoms with Gasteiger partial charge in [-0.1, -0.05) is 0 Å². The van der Waals surface area contributed by atoms with Crippen molar-refractivity contribution in [1.82, 2.24) is 9.88 Å². The third kappa shape index (κ3) is 3.68. The molecule has 0 aromatic carbocycles. The van der Waals surface area contributed by atoms with Crippen molar-refractivity contribution in [3.05, 3.63) is 23.9 Å². The number of pyridine rings is 1. The number of hydrogen-bond acceptors (Lipinski definition) is 4. The quantitative estimate of drug-likeness (QED) is 0.824. The van der Waals surface area contributed by atoms with Crippen LogP contribution >= 0.6 is 0 Å². The van der Waals surface area contributed by atoms with Crippen molar-refractivity contribution >= 4 is 5.82 Å². The molecular weight excluding hydrogens is 212 g/mol. The summed E-state index contributed by atoms with van der Waals surface area (Å²) in [5.41, 5.74) is 6.74. The van der Waals surface area contributed by atoms with Crippen LogP contribution in [0.5, 0.6) is 0 Å². The number of hydrogen-bond donors (Lipinski definition) is 2. The molecule has 0 radical (unpaired) electrons. The van der Waals surface area contributed by atoms with Gasteiger partial charge in [0.05, 0.1) is 0 Å². The topological polar surface area (TPSA) is 54.2 Å². The predicted molar refractivity (Wildman–Crippen MR) is 70.8 cm³/mol. The zero-order valence-corrected chi connectivity index (χ0v) is 10.5. The largest absolute Gasteiger partial charge is 0.370 e. The molecule has 1 aromatic heterocycles. The minimum Gasteiger partial charge on any atom is -0.370 e. The average molecular weight is 234 g/mol. The first-order valence-electron chi connectivity index (χ1n) is 6.35. The number of likely N-dealkylation sites (tertiary alicyclic amines) is 1. The van der Waals surface area contributed by atoms with Gasteiger partial charge in [-0.25, -0.2) is 4.98 Å². The van der Waals surface area contributed by atoms with Crippen LogP contribution in [0.3, 0.4) is 0 Å². The van der Waals surface area contributed by atoms with E-state index >= 15 is 0 Å². The summed E-state index contributed by atoms with van der Waals surface area (Å²) in [4.78, 5) is 6.70. The molecule has 4 nitrogen and oxygen atoms in total. The van der Waals surface area contributed by atoms with E-state index in [1.807, 2.05) is 18.3 Å². The van der Waals surface area contributed by atoms with Crippen LogP contribution in [0.15, 0.2) is 18.3 Å². The van der Waals surface area contributed by atoms with E-state index in [1.165, 1.54) is 25.9 Å². The van der Waals surface area contributed by atoms with Crippen molar-refractivity contribution in [2.75, 3.05) is 32.0 Å². The Bertz CT molecular complexity index is 345. The van der Waals surface area contributed by atoms with Crippen molar-refractivity contribution in [3.8, 4) is 0 Å². The van der Waals surface area contributed by atoms with E-state index in [1.54, 1.807) is 0 Å². The van der Waals surface area contributed by atoms with Crippen LogP contribution in [0.4, 0.5) is 5.82 Å². The number of nitrogens with two attached hydrogens (primary N) is 1. The molecule has 1 aliphatic heterocycles. The molecule has 94 valence electrons. The lowest BCUT2D eigenvalue weighted by molar-refractivity contribution is 0.226. The van der Waals surface area contributed by atoms with Gasteiger partial charge in [0.15, 0.2) is 0 Å². The van der Waals surface area contributed by atoms with Crippen LogP contribution in [-0.4, -0.2) is 36.6 Å². The molecule has 2 rings (SSSR count). The summed E-state index contributed by atoms with van der Waals surface area (Å²) in [5, 5.41) is 3.42. The van der Waals surface area contributed by atoms with Crippen molar-refractivity contribution in [1.29, 1.82) is 0 Å². The Morgan fingerprint density at radius 1 is 1.47 bits per heavy atom. The van der Waals surface area contributed by atoms with Crippen LogP contribution in [0, 0.1) is 5.92 Å². The number of anilines is 1. The van der Waals surface area contributed by atoms with Crippen molar-refractivity contribution in [3.63, 3.8) is 0 Å². The van der Waals surface area contributed by atoms with Gasteiger partial charge in [-0.3, -0.25) is 0 Å². The fourth-order valence-corrected chi connectivity index (χ4v) is 2.21. The summed E-state index contributed by atoms with van der Waals surface area (Å²) >= 11 is 0. The van der Waals surface area contributed by atoms with E-state index in [2.05, 4.69) is 22.2 Å². The zero-order valence-electron chi connectivity index (χ0n) is 10.5. The normalized spacial score (nSPS) is 18.2. The highest BCUT2D eigenvalue weighted by Gasteiger charge is 2.16. The molecule has 1 fully saturated rings. The van der Waals surface area contributed by atoms with Crippen LogP contribution in [0.1, 0.15) is 18.4 Å². The molecule has 1 saturated heterocycles. The fraction of sp³-hybridized carbons (Fsp3) is 0.615. The van der Waals surface area contributed by atoms with Gasteiger partial charge in [-0.15, -0.1) is 0 Å². The van der Waals surface area contributed by atoms with Crippen LogP contribution in [0.25, 0.3) is 0 Å². The first kappa shape index (κ1) is 12.3. The van der Waals surface area contributed by atoms with Crippen molar-refractivity contribution in [2.24, 2.45) is 11.7 Å². The molecule has 4 heteroatoms. The third-order valence-electron chi connectivity index (χ3n) is 3.47. The number of aromatic nitrogens is 1. The number of nitrogens with one attached hydrogen (secondary N) is 1. The van der Waals surface area contributed by atoms with Crippen molar-refractivity contribution < 1.29 is 0 Å². The van der Waals surface area contributed by atoms with E-state index in [-0.39, 0.29) is 0 Å². The van der Waals surface area contributed by atoms with Crippen molar-refractivity contribution in [2.45, 2.75) is 19.4 Å². The molecular formula is C13H22N4. The predicted octanol–water partition coefficient (Wildman–Crippen LogP) is 1.29. The highest BCUT2D eigenvalue weighted by molar-refractivity contribution is 5.37. The third-order valence-corrected chi connectivity index (χ3v) is 3.47. The van der Waals surface area contributed by atoms with Gasteiger partial charge in [-0.05, 0) is 56.6 Å². The van der Waals surface area contributed by atoms with Gasteiger partial charge in [0.2, 0.25) is 0 Å². The smallest absolute Gasteiger partial charge is 0.126 e. The highest BCUT2D eigenvalue weighted by atomic mass is 15.1. The highest BCUT2D eigenvalue weighted by Crippen LogP contribution is 2.16.